The Morgan fingerprint density at radius 2 is 1.79 bits per heavy atom. The number of carbonyl (C=O) groups is 1. The molecular weight excluding hydrogens is 300 g/mol. The Morgan fingerprint density at radius 1 is 1.04 bits per heavy atom. The van der Waals surface area contributed by atoms with Crippen molar-refractivity contribution in [1.29, 1.82) is 0 Å². The van der Waals surface area contributed by atoms with Crippen LogP contribution in [0.15, 0.2) is 60.7 Å². The summed E-state index contributed by atoms with van der Waals surface area (Å²) in [6.45, 7) is 2.85. The second-order valence-corrected chi connectivity index (χ2v) is 5.44. The zero-order valence-electron chi connectivity index (χ0n) is 14.1. The van der Waals surface area contributed by atoms with Crippen LogP contribution >= 0.6 is 0 Å². The number of carbonyl (C=O) groups excluding carboxylic acids is 1. The molecule has 0 atom stereocenters. The van der Waals surface area contributed by atoms with Gasteiger partial charge >= 0.3 is 5.97 Å². The van der Waals surface area contributed by atoms with Crippen LogP contribution < -0.4 is 4.74 Å². The van der Waals surface area contributed by atoms with Crippen LogP contribution in [0.4, 0.5) is 0 Å². The van der Waals surface area contributed by atoms with E-state index in [0.29, 0.717) is 19.6 Å². The molecule has 0 aromatic heterocycles. The Balaban J connectivity index is 1.71. The Morgan fingerprint density at radius 3 is 2.50 bits per heavy atom. The van der Waals surface area contributed by atoms with E-state index in [1.165, 1.54) is 0 Å². The van der Waals surface area contributed by atoms with Gasteiger partial charge in [0, 0.05) is 6.42 Å². The lowest BCUT2D eigenvalue weighted by Crippen LogP contribution is -2.02. The fraction of sp³-hybridized carbons (Fsp3) is 0.286. The zero-order valence-corrected chi connectivity index (χ0v) is 14.1. The molecule has 0 radical (unpaired) electrons. The van der Waals surface area contributed by atoms with Gasteiger partial charge in [-0.25, -0.2) is 0 Å². The average molecular weight is 324 g/mol. The SMILES string of the molecule is CCOC(=O)CCC/C=C/c1ccc(OCc2ccccc2)cc1. The van der Waals surface area contributed by atoms with Crippen molar-refractivity contribution in [2.75, 3.05) is 6.61 Å². The summed E-state index contributed by atoms with van der Waals surface area (Å²) in [4.78, 5) is 11.2. The summed E-state index contributed by atoms with van der Waals surface area (Å²) in [7, 11) is 0. The number of hydrogen-bond donors (Lipinski definition) is 0. The molecule has 3 nitrogen and oxygen atoms in total. The third kappa shape index (κ3) is 6.69. The number of rotatable bonds is 9. The molecular formula is C21H24O3. The lowest BCUT2D eigenvalue weighted by molar-refractivity contribution is -0.143. The van der Waals surface area contributed by atoms with Crippen LogP contribution in [-0.2, 0) is 16.1 Å². The first-order valence-electron chi connectivity index (χ1n) is 8.37. The summed E-state index contributed by atoms with van der Waals surface area (Å²) in [5.41, 5.74) is 2.28. The van der Waals surface area contributed by atoms with Crippen molar-refractivity contribution in [3.63, 3.8) is 0 Å². The van der Waals surface area contributed by atoms with Gasteiger partial charge in [0.1, 0.15) is 12.4 Å². The van der Waals surface area contributed by atoms with Crippen LogP contribution in [0.1, 0.15) is 37.3 Å². The first-order chi connectivity index (χ1) is 11.8. The quantitative estimate of drug-likeness (QED) is 0.480. The van der Waals surface area contributed by atoms with Crippen LogP contribution in [0.3, 0.4) is 0 Å². The molecule has 3 heteroatoms. The standard InChI is InChI=1S/C21H24O3/c1-2-23-21(22)12-8-4-5-9-18-13-15-20(16-14-18)24-17-19-10-6-3-7-11-19/h3,5-7,9-11,13-16H,2,4,8,12,17H2,1H3/b9-5+. The molecule has 24 heavy (non-hydrogen) atoms. The largest absolute Gasteiger partial charge is 0.489 e. The van der Waals surface area contributed by atoms with Crippen LogP contribution in [0.25, 0.3) is 6.08 Å². The van der Waals surface area contributed by atoms with Gasteiger partial charge in [-0.3, -0.25) is 4.79 Å². The lowest BCUT2D eigenvalue weighted by Gasteiger charge is -2.06. The molecule has 0 heterocycles. The molecule has 0 amide bonds. The monoisotopic (exact) mass is 324 g/mol. The minimum atomic E-state index is -0.120. The highest BCUT2D eigenvalue weighted by molar-refractivity contribution is 5.69. The van der Waals surface area contributed by atoms with Crippen molar-refractivity contribution in [2.45, 2.75) is 32.8 Å². The number of allylic oxidation sites excluding steroid dienone is 1. The van der Waals surface area contributed by atoms with E-state index in [2.05, 4.69) is 12.2 Å². The van der Waals surface area contributed by atoms with E-state index < -0.39 is 0 Å². The number of benzene rings is 2. The predicted octanol–water partition coefficient (Wildman–Crippen LogP) is 5.01. The highest BCUT2D eigenvalue weighted by atomic mass is 16.5. The van der Waals surface area contributed by atoms with Gasteiger partial charge in [0.2, 0.25) is 0 Å². The molecule has 2 aromatic rings. The van der Waals surface area contributed by atoms with Gasteiger partial charge in [-0.2, -0.15) is 0 Å². The van der Waals surface area contributed by atoms with E-state index in [1.54, 1.807) is 0 Å². The third-order valence-electron chi connectivity index (χ3n) is 3.50. The number of unbranched alkanes of at least 4 members (excludes halogenated alkanes) is 1. The summed E-state index contributed by atoms with van der Waals surface area (Å²) >= 11 is 0. The van der Waals surface area contributed by atoms with Crippen molar-refractivity contribution in [3.8, 4) is 5.75 Å². The van der Waals surface area contributed by atoms with Crippen molar-refractivity contribution in [2.24, 2.45) is 0 Å². The molecule has 0 N–H and O–H groups in total. The maximum atomic E-state index is 11.2. The molecule has 0 bridgehead atoms. The van der Waals surface area contributed by atoms with Gasteiger partial charge in [-0.05, 0) is 43.0 Å². The molecule has 0 aliphatic heterocycles. The fourth-order valence-corrected chi connectivity index (χ4v) is 2.23. The number of esters is 1. The molecule has 0 saturated heterocycles. The summed E-state index contributed by atoms with van der Waals surface area (Å²) in [6.07, 6.45) is 6.30. The van der Waals surface area contributed by atoms with Crippen molar-refractivity contribution in [3.05, 3.63) is 71.8 Å². The topological polar surface area (TPSA) is 35.5 Å². The van der Waals surface area contributed by atoms with E-state index in [4.69, 9.17) is 9.47 Å². The molecule has 126 valence electrons. The van der Waals surface area contributed by atoms with E-state index in [0.717, 1.165) is 29.7 Å². The third-order valence-corrected chi connectivity index (χ3v) is 3.50. The predicted molar refractivity (Wildman–Crippen MR) is 96.7 cm³/mol. The molecule has 0 saturated carbocycles. The van der Waals surface area contributed by atoms with E-state index in [1.807, 2.05) is 61.5 Å². The van der Waals surface area contributed by atoms with Crippen molar-refractivity contribution >= 4 is 12.0 Å². The van der Waals surface area contributed by atoms with Crippen molar-refractivity contribution < 1.29 is 14.3 Å². The summed E-state index contributed by atoms with van der Waals surface area (Å²) in [5.74, 6) is 0.740. The van der Waals surface area contributed by atoms with Gasteiger partial charge < -0.3 is 9.47 Å². The van der Waals surface area contributed by atoms with Crippen LogP contribution in [0.2, 0.25) is 0 Å². The van der Waals surface area contributed by atoms with Gasteiger partial charge in [-0.1, -0.05) is 54.6 Å². The number of ether oxygens (including phenoxy) is 2. The molecule has 0 spiro atoms. The van der Waals surface area contributed by atoms with Gasteiger partial charge in [-0.15, -0.1) is 0 Å². The van der Waals surface area contributed by atoms with E-state index in [-0.39, 0.29) is 5.97 Å². The Hall–Kier alpha value is -2.55. The molecule has 0 aliphatic rings. The summed E-state index contributed by atoms with van der Waals surface area (Å²) < 4.78 is 10.7. The maximum Gasteiger partial charge on any atom is 0.305 e. The Kier molecular flexibility index (Phi) is 7.61. The van der Waals surface area contributed by atoms with E-state index in [9.17, 15) is 4.79 Å². The first kappa shape index (κ1) is 17.8. The molecule has 2 aromatic carbocycles. The first-order valence-corrected chi connectivity index (χ1v) is 8.37. The highest BCUT2D eigenvalue weighted by Crippen LogP contribution is 2.15. The average Bonchev–Trinajstić information content (AvgIpc) is 2.62. The number of hydrogen-bond acceptors (Lipinski definition) is 3. The van der Waals surface area contributed by atoms with E-state index >= 15 is 0 Å². The smallest absolute Gasteiger partial charge is 0.305 e. The molecule has 2 rings (SSSR count). The Labute approximate surface area is 143 Å². The lowest BCUT2D eigenvalue weighted by atomic mass is 10.1. The van der Waals surface area contributed by atoms with Crippen LogP contribution in [0.5, 0.6) is 5.75 Å². The van der Waals surface area contributed by atoms with Gasteiger partial charge in [0.15, 0.2) is 0 Å². The zero-order chi connectivity index (χ0) is 17.0. The summed E-state index contributed by atoms with van der Waals surface area (Å²) in [6, 6.07) is 18.1. The van der Waals surface area contributed by atoms with Gasteiger partial charge in [0.25, 0.3) is 0 Å². The summed E-state index contributed by atoms with van der Waals surface area (Å²) in [5, 5.41) is 0. The Bertz CT molecular complexity index is 630. The fourth-order valence-electron chi connectivity index (χ4n) is 2.23. The van der Waals surface area contributed by atoms with Crippen molar-refractivity contribution in [1.82, 2.24) is 0 Å². The molecule has 0 unspecified atom stereocenters. The molecule has 0 fully saturated rings. The highest BCUT2D eigenvalue weighted by Gasteiger charge is 1.99. The minimum absolute atomic E-state index is 0.120. The van der Waals surface area contributed by atoms with Crippen LogP contribution in [0, 0.1) is 0 Å². The maximum absolute atomic E-state index is 11.2. The second kappa shape index (κ2) is 10.3. The molecule has 0 aliphatic carbocycles. The van der Waals surface area contributed by atoms with Gasteiger partial charge in [0.05, 0.1) is 6.61 Å². The second-order valence-electron chi connectivity index (χ2n) is 5.44. The normalized spacial score (nSPS) is 10.7. The minimum Gasteiger partial charge on any atom is -0.489 e. The van der Waals surface area contributed by atoms with Crippen LogP contribution in [-0.4, -0.2) is 12.6 Å².